The molecular formula is C7H4N6O10. The van der Waals surface area contributed by atoms with Gasteiger partial charge in [-0.1, -0.05) is 5.43 Å². The van der Waals surface area contributed by atoms with E-state index >= 15 is 0 Å². The first-order valence-electron chi connectivity index (χ1n) is 5.19. The van der Waals surface area contributed by atoms with E-state index in [0.717, 1.165) is 5.43 Å². The Morgan fingerprint density at radius 3 is 1.17 bits per heavy atom. The van der Waals surface area contributed by atoms with Gasteiger partial charge < -0.3 is 0 Å². The molecule has 0 aliphatic heterocycles. The van der Waals surface area contributed by atoms with Gasteiger partial charge in [0.2, 0.25) is 0 Å². The average Bonchev–Trinajstić information content (AvgIpc) is 2.36. The summed E-state index contributed by atoms with van der Waals surface area (Å²) in [5.74, 6) is 0. The lowest BCUT2D eigenvalue weighted by molar-refractivity contribution is -0.454. The normalized spacial score (nSPS) is 9.96. The Hall–Kier alpha value is -3.98. The number of nitrogens with zero attached hydrogens (tertiary/aromatic N) is 5. The van der Waals surface area contributed by atoms with Gasteiger partial charge >= 0.3 is 22.7 Å². The van der Waals surface area contributed by atoms with Gasteiger partial charge in [0.25, 0.3) is 5.69 Å². The summed E-state index contributed by atoms with van der Waals surface area (Å²) in [5.41, 5.74) is -7.66. The van der Waals surface area contributed by atoms with E-state index in [1.807, 2.05) is 0 Å². The van der Waals surface area contributed by atoms with Crippen molar-refractivity contribution in [1.82, 2.24) is 0 Å². The quantitative estimate of drug-likeness (QED) is 0.574. The lowest BCUT2D eigenvalue weighted by atomic mass is 10.1. The summed E-state index contributed by atoms with van der Waals surface area (Å²) in [6, 6.07) is 0. The third-order valence-electron chi connectivity index (χ3n) is 2.57. The van der Waals surface area contributed by atoms with E-state index in [4.69, 9.17) is 0 Å². The largest absolute Gasteiger partial charge is 0.382 e. The first-order chi connectivity index (χ1) is 10.5. The predicted molar refractivity (Wildman–Crippen MR) is 68.4 cm³/mol. The van der Waals surface area contributed by atoms with Crippen LogP contribution in [0.5, 0.6) is 0 Å². The van der Waals surface area contributed by atoms with E-state index in [-0.39, 0.29) is 0 Å². The van der Waals surface area contributed by atoms with Gasteiger partial charge in [0.05, 0.1) is 19.7 Å². The molecule has 0 heterocycles. The van der Waals surface area contributed by atoms with Gasteiger partial charge in [-0.25, -0.2) is 10.1 Å². The molecule has 23 heavy (non-hydrogen) atoms. The Labute approximate surface area is 123 Å². The van der Waals surface area contributed by atoms with Crippen LogP contribution in [-0.2, 0) is 0 Å². The fourth-order valence-electron chi connectivity index (χ4n) is 1.82. The number of hydrogen-bond donors (Lipinski definition) is 1. The van der Waals surface area contributed by atoms with Crippen molar-refractivity contribution < 1.29 is 24.7 Å². The molecule has 0 spiro atoms. The number of hydrazine groups is 1. The van der Waals surface area contributed by atoms with Crippen LogP contribution >= 0.6 is 0 Å². The average molecular weight is 332 g/mol. The highest BCUT2D eigenvalue weighted by molar-refractivity contribution is 5.89. The molecule has 1 N–H and O–H groups in total. The maximum atomic E-state index is 11.0. The molecule has 0 saturated carbocycles. The molecule has 0 unspecified atom stereocenters. The highest BCUT2D eigenvalue weighted by atomic mass is 16.7. The third kappa shape index (κ3) is 2.89. The van der Waals surface area contributed by atoms with E-state index < -0.39 is 58.7 Å². The second-order valence-corrected chi connectivity index (χ2v) is 3.79. The van der Waals surface area contributed by atoms with Crippen molar-refractivity contribution in [3.05, 3.63) is 56.1 Å². The van der Waals surface area contributed by atoms with Crippen molar-refractivity contribution in [2.75, 3.05) is 5.43 Å². The molecule has 122 valence electrons. The van der Waals surface area contributed by atoms with Gasteiger partial charge in [0.1, 0.15) is 5.56 Å². The zero-order valence-electron chi connectivity index (χ0n) is 10.8. The monoisotopic (exact) mass is 332 g/mol. The fraction of sp³-hybridized carbons (Fsp3) is 0.143. The molecule has 0 bridgehead atoms. The SMILES string of the molecule is Cc1c([N+](=O)[O-])c([N+](=O)[O-])c(N[N+](=O)[O-])c([N+](=O)[O-])c1[N+](=O)[O-]. The molecule has 1 rings (SSSR count). The molecule has 0 radical (unpaired) electrons. The van der Waals surface area contributed by atoms with E-state index in [9.17, 15) is 50.6 Å². The number of benzene rings is 1. The zero-order valence-corrected chi connectivity index (χ0v) is 10.8. The second-order valence-electron chi connectivity index (χ2n) is 3.79. The standard InChI is InChI=1S/C7H4N6O10/c1-2-4(9(14)15)6(11(18)19)3(8-13(22)23)7(12(20)21)5(2)10(16)17/h8H,1H3. The van der Waals surface area contributed by atoms with E-state index in [1.165, 1.54) is 0 Å². The Kier molecular flexibility index (Phi) is 4.30. The molecule has 0 fully saturated rings. The van der Waals surface area contributed by atoms with Gasteiger partial charge in [-0.05, 0) is 6.92 Å². The zero-order chi connectivity index (χ0) is 18.1. The van der Waals surface area contributed by atoms with Crippen LogP contribution in [-0.4, -0.2) is 24.7 Å². The number of anilines is 1. The lowest BCUT2D eigenvalue weighted by Crippen LogP contribution is -2.15. The summed E-state index contributed by atoms with van der Waals surface area (Å²) < 4.78 is 0. The fourth-order valence-corrected chi connectivity index (χ4v) is 1.82. The topological polar surface area (TPSA) is 228 Å². The minimum atomic E-state index is -1.62. The maximum absolute atomic E-state index is 11.0. The molecule has 1 aromatic rings. The van der Waals surface area contributed by atoms with Crippen LogP contribution in [0, 0.1) is 57.5 Å². The van der Waals surface area contributed by atoms with Crippen LogP contribution in [0.2, 0.25) is 0 Å². The van der Waals surface area contributed by atoms with Gasteiger partial charge in [0.15, 0.2) is 5.03 Å². The van der Waals surface area contributed by atoms with E-state index in [1.54, 1.807) is 0 Å². The molecular weight excluding hydrogens is 328 g/mol. The van der Waals surface area contributed by atoms with Crippen molar-refractivity contribution in [1.29, 1.82) is 0 Å². The second kappa shape index (κ2) is 5.79. The Morgan fingerprint density at radius 1 is 0.652 bits per heavy atom. The van der Waals surface area contributed by atoms with Gasteiger partial charge in [-0.3, -0.25) is 40.5 Å². The van der Waals surface area contributed by atoms with Crippen LogP contribution in [0.25, 0.3) is 0 Å². The smallest absolute Gasteiger partial charge is 0.258 e. The number of nitro groups is 5. The predicted octanol–water partition coefficient (Wildman–Crippen LogP) is 1.23. The van der Waals surface area contributed by atoms with Crippen LogP contribution < -0.4 is 5.43 Å². The van der Waals surface area contributed by atoms with E-state index in [0.29, 0.717) is 6.92 Å². The van der Waals surface area contributed by atoms with Crippen molar-refractivity contribution in [3.8, 4) is 0 Å². The molecule has 0 saturated heterocycles. The molecule has 0 atom stereocenters. The van der Waals surface area contributed by atoms with Gasteiger partial charge in [-0.2, -0.15) is 0 Å². The number of nitro benzene ring substituents is 4. The van der Waals surface area contributed by atoms with E-state index in [2.05, 4.69) is 0 Å². The Balaban J connectivity index is 4.21. The molecule has 0 aliphatic rings. The minimum Gasteiger partial charge on any atom is -0.258 e. The molecule has 16 nitrogen and oxygen atoms in total. The van der Waals surface area contributed by atoms with Gasteiger partial charge in [-0.15, -0.1) is 0 Å². The first-order valence-corrected chi connectivity index (χ1v) is 5.19. The maximum Gasteiger partial charge on any atom is 0.382 e. The van der Waals surface area contributed by atoms with Crippen LogP contribution in [0.4, 0.5) is 28.4 Å². The van der Waals surface area contributed by atoms with Crippen molar-refractivity contribution in [2.45, 2.75) is 6.92 Å². The highest BCUT2D eigenvalue weighted by Crippen LogP contribution is 2.50. The number of hydrogen-bond acceptors (Lipinski definition) is 10. The number of rotatable bonds is 6. The molecule has 1 aromatic carbocycles. The molecule has 16 heteroatoms. The highest BCUT2D eigenvalue weighted by Gasteiger charge is 2.48. The molecule has 0 amide bonds. The third-order valence-corrected chi connectivity index (χ3v) is 2.57. The Morgan fingerprint density at radius 2 is 0.957 bits per heavy atom. The van der Waals surface area contributed by atoms with Crippen LogP contribution in [0.15, 0.2) is 0 Å². The van der Waals surface area contributed by atoms with Gasteiger partial charge in [0, 0.05) is 0 Å². The summed E-state index contributed by atoms with van der Waals surface area (Å²) in [5, 5.41) is 52.9. The van der Waals surface area contributed by atoms with Crippen LogP contribution in [0.1, 0.15) is 5.56 Å². The summed E-state index contributed by atoms with van der Waals surface area (Å²) in [6.45, 7) is 0.687. The first kappa shape index (κ1) is 17.1. The summed E-state index contributed by atoms with van der Waals surface area (Å²) in [6.07, 6.45) is 0. The van der Waals surface area contributed by atoms with Crippen molar-refractivity contribution in [2.24, 2.45) is 0 Å². The number of nitrogens with one attached hydrogen (secondary N) is 1. The van der Waals surface area contributed by atoms with Crippen molar-refractivity contribution in [3.63, 3.8) is 0 Å². The summed E-state index contributed by atoms with van der Waals surface area (Å²) >= 11 is 0. The Bertz CT molecular complexity index is 718. The summed E-state index contributed by atoms with van der Waals surface area (Å²) in [7, 11) is 0. The lowest BCUT2D eigenvalue weighted by Gasteiger charge is -2.05. The van der Waals surface area contributed by atoms with Crippen LogP contribution in [0.3, 0.4) is 0 Å². The molecule has 0 aliphatic carbocycles. The van der Waals surface area contributed by atoms with Crippen molar-refractivity contribution >= 4 is 28.4 Å². The molecule has 0 aromatic heterocycles. The summed E-state index contributed by atoms with van der Waals surface area (Å²) in [4.78, 5) is 48.6. The minimum absolute atomic E-state index is 0.687.